The Labute approximate surface area is 90.2 Å². The van der Waals surface area contributed by atoms with Crippen molar-refractivity contribution in [3.63, 3.8) is 0 Å². The van der Waals surface area contributed by atoms with Gasteiger partial charge in [-0.1, -0.05) is 52.9 Å². The van der Waals surface area contributed by atoms with Gasteiger partial charge in [-0.3, -0.25) is 4.99 Å². The predicted molar refractivity (Wildman–Crippen MR) is 67.1 cm³/mol. The zero-order valence-corrected chi connectivity index (χ0v) is 10.5. The van der Waals surface area contributed by atoms with E-state index in [4.69, 9.17) is 0 Å². The second-order valence-electron chi connectivity index (χ2n) is 3.11. The van der Waals surface area contributed by atoms with Gasteiger partial charge in [0.1, 0.15) is 0 Å². The normalized spacial score (nSPS) is 9.71. The van der Waals surface area contributed by atoms with Crippen molar-refractivity contribution in [2.75, 3.05) is 13.6 Å². The number of hydrogen-bond donors (Lipinski definition) is 1. The van der Waals surface area contributed by atoms with Crippen LogP contribution in [0, 0.1) is 0 Å². The smallest absolute Gasteiger partial charge is 0.0820 e. The molecule has 0 amide bonds. The Morgan fingerprint density at radius 1 is 1.00 bits per heavy atom. The highest BCUT2D eigenvalue weighted by atomic mass is 14.9. The van der Waals surface area contributed by atoms with Crippen LogP contribution in [-0.4, -0.2) is 19.9 Å². The van der Waals surface area contributed by atoms with Crippen LogP contribution in [0.2, 0.25) is 0 Å². The molecule has 0 aliphatic heterocycles. The molecule has 2 nitrogen and oxygen atoms in total. The molecule has 0 aromatic heterocycles. The van der Waals surface area contributed by atoms with E-state index in [0.29, 0.717) is 0 Å². The quantitative estimate of drug-likeness (QED) is 0.361. The predicted octanol–water partition coefficient (Wildman–Crippen LogP) is 3.62. The van der Waals surface area contributed by atoms with Crippen molar-refractivity contribution in [1.82, 2.24) is 5.32 Å². The van der Waals surface area contributed by atoms with E-state index in [-0.39, 0.29) is 0 Å². The summed E-state index contributed by atoms with van der Waals surface area (Å²) >= 11 is 0. The highest BCUT2D eigenvalue weighted by molar-refractivity contribution is 5.53. The van der Waals surface area contributed by atoms with Crippen molar-refractivity contribution >= 4 is 6.34 Å². The van der Waals surface area contributed by atoms with Crippen molar-refractivity contribution in [2.24, 2.45) is 4.99 Å². The van der Waals surface area contributed by atoms with Gasteiger partial charge in [-0.05, 0) is 6.42 Å². The van der Waals surface area contributed by atoms with E-state index in [1.54, 1.807) is 13.4 Å². The van der Waals surface area contributed by atoms with E-state index < -0.39 is 0 Å². The summed E-state index contributed by atoms with van der Waals surface area (Å²) in [7, 11) is 1.79. The summed E-state index contributed by atoms with van der Waals surface area (Å²) in [4.78, 5) is 3.85. The van der Waals surface area contributed by atoms with Crippen LogP contribution in [0.1, 0.15) is 59.3 Å². The van der Waals surface area contributed by atoms with Gasteiger partial charge in [0.2, 0.25) is 0 Å². The number of nitrogens with zero attached hydrogens (tertiary/aromatic N) is 1. The molecule has 0 saturated heterocycles. The van der Waals surface area contributed by atoms with Gasteiger partial charge in [0, 0.05) is 13.6 Å². The molecule has 2 heteroatoms. The lowest BCUT2D eigenvalue weighted by molar-refractivity contribution is 0.603. The summed E-state index contributed by atoms with van der Waals surface area (Å²) in [5.41, 5.74) is 0. The zero-order valence-electron chi connectivity index (χ0n) is 10.5. The van der Waals surface area contributed by atoms with E-state index in [1.807, 2.05) is 13.8 Å². The molecule has 0 heterocycles. The van der Waals surface area contributed by atoms with Gasteiger partial charge in [0.25, 0.3) is 0 Å². The van der Waals surface area contributed by atoms with Crippen LogP contribution in [-0.2, 0) is 0 Å². The number of aliphatic imine (C=N–C) groups is 1. The molecule has 0 rings (SSSR count). The molecule has 14 heavy (non-hydrogen) atoms. The first-order valence-electron chi connectivity index (χ1n) is 6.05. The molecule has 0 aromatic carbocycles. The highest BCUT2D eigenvalue weighted by Crippen LogP contribution is 2.03. The van der Waals surface area contributed by atoms with Crippen LogP contribution in [0.25, 0.3) is 0 Å². The Balaban J connectivity index is 0. The highest BCUT2D eigenvalue weighted by Gasteiger charge is 1.87. The first kappa shape index (κ1) is 15.9. The second kappa shape index (κ2) is 18.3. The van der Waals surface area contributed by atoms with Crippen LogP contribution in [0.5, 0.6) is 0 Å². The lowest BCUT2D eigenvalue weighted by Gasteiger charge is -2.00. The van der Waals surface area contributed by atoms with Crippen molar-refractivity contribution in [3.05, 3.63) is 0 Å². The molecule has 0 fully saturated rings. The van der Waals surface area contributed by atoms with Gasteiger partial charge in [0.15, 0.2) is 0 Å². The first-order chi connectivity index (χ1) is 6.91. The summed E-state index contributed by atoms with van der Waals surface area (Å²) < 4.78 is 0. The Morgan fingerprint density at radius 2 is 1.57 bits per heavy atom. The topological polar surface area (TPSA) is 24.4 Å². The van der Waals surface area contributed by atoms with Gasteiger partial charge in [-0.15, -0.1) is 0 Å². The fraction of sp³-hybridized carbons (Fsp3) is 0.917. The fourth-order valence-corrected chi connectivity index (χ4v) is 1.16. The van der Waals surface area contributed by atoms with Crippen molar-refractivity contribution in [2.45, 2.75) is 59.3 Å². The largest absolute Gasteiger partial charge is 0.376 e. The zero-order chi connectivity index (χ0) is 11.1. The molecule has 0 aliphatic carbocycles. The van der Waals surface area contributed by atoms with Gasteiger partial charge in [-0.2, -0.15) is 0 Å². The van der Waals surface area contributed by atoms with Gasteiger partial charge < -0.3 is 5.32 Å². The van der Waals surface area contributed by atoms with Gasteiger partial charge in [-0.25, -0.2) is 0 Å². The Hall–Kier alpha value is -0.530. The maximum absolute atomic E-state index is 3.85. The van der Waals surface area contributed by atoms with Crippen LogP contribution in [0.3, 0.4) is 0 Å². The lowest BCUT2D eigenvalue weighted by Crippen LogP contribution is -2.12. The number of hydrogen-bond acceptors (Lipinski definition) is 1. The summed E-state index contributed by atoms with van der Waals surface area (Å²) in [6, 6.07) is 0. The summed E-state index contributed by atoms with van der Waals surface area (Å²) in [6.45, 7) is 7.32. The van der Waals surface area contributed by atoms with E-state index in [1.165, 1.54) is 38.5 Å². The van der Waals surface area contributed by atoms with Gasteiger partial charge >= 0.3 is 0 Å². The molecule has 0 spiro atoms. The van der Waals surface area contributed by atoms with Crippen molar-refractivity contribution in [3.8, 4) is 0 Å². The third-order valence-electron chi connectivity index (χ3n) is 1.90. The minimum Gasteiger partial charge on any atom is -0.376 e. The van der Waals surface area contributed by atoms with Crippen molar-refractivity contribution in [1.29, 1.82) is 0 Å². The van der Waals surface area contributed by atoms with E-state index in [2.05, 4.69) is 17.2 Å². The lowest BCUT2D eigenvalue weighted by atomic mass is 10.1. The molecule has 86 valence electrons. The third kappa shape index (κ3) is 17.5. The van der Waals surface area contributed by atoms with E-state index in [0.717, 1.165) is 6.54 Å². The van der Waals surface area contributed by atoms with Crippen LogP contribution in [0.4, 0.5) is 0 Å². The SMILES string of the molecule is CC.CCCCCCCCNC=NC. The van der Waals surface area contributed by atoms with Crippen LogP contribution < -0.4 is 5.32 Å². The standard InChI is InChI=1S/C10H22N2.C2H6/c1-3-4-5-6-7-8-9-12-10-11-2;1-2/h10H,3-9H2,1-2H3,(H,11,12);1-2H3. The summed E-state index contributed by atoms with van der Waals surface area (Å²) in [6.07, 6.45) is 9.91. The maximum atomic E-state index is 3.85. The Bertz CT molecular complexity index is 100. The minimum atomic E-state index is 1.07. The molecule has 1 N–H and O–H groups in total. The molecule has 0 saturated carbocycles. The summed E-state index contributed by atoms with van der Waals surface area (Å²) in [5, 5.41) is 3.13. The second-order valence-corrected chi connectivity index (χ2v) is 3.11. The van der Waals surface area contributed by atoms with Crippen LogP contribution >= 0.6 is 0 Å². The molecule has 0 aromatic rings. The fourth-order valence-electron chi connectivity index (χ4n) is 1.16. The number of rotatable bonds is 8. The molecule has 0 aliphatic rings. The Morgan fingerprint density at radius 3 is 2.14 bits per heavy atom. The van der Waals surface area contributed by atoms with Crippen molar-refractivity contribution < 1.29 is 0 Å². The van der Waals surface area contributed by atoms with Crippen LogP contribution in [0.15, 0.2) is 4.99 Å². The number of nitrogens with one attached hydrogen (secondary N) is 1. The maximum Gasteiger partial charge on any atom is 0.0820 e. The average Bonchev–Trinajstić information content (AvgIpc) is 2.25. The molecule has 0 atom stereocenters. The minimum absolute atomic E-state index is 1.07. The summed E-state index contributed by atoms with van der Waals surface area (Å²) in [5.74, 6) is 0. The average molecular weight is 200 g/mol. The molecule has 0 unspecified atom stereocenters. The number of unbranched alkanes of at least 4 members (excludes halogenated alkanes) is 5. The van der Waals surface area contributed by atoms with Gasteiger partial charge in [0.05, 0.1) is 6.34 Å². The van der Waals surface area contributed by atoms with E-state index in [9.17, 15) is 0 Å². The molecule has 0 radical (unpaired) electrons. The molecule has 0 bridgehead atoms. The monoisotopic (exact) mass is 200 g/mol. The van der Waals surface area contributed by atoms with E-state index >= 15 is 0 Å². The first-order valence-corrected chi connectivity index (χ1v) is 6.05. The molecular weight excluding hydrogens is 172 g/mol. The molecular formula is C12H28N2. The third-order valence-corrected chi connectivity index (χ3v) is 1.90. The Kier molecular flexibility index (Phi) is 20.8.